The molecule has 4 heteroatoms. The summed E-state index contributed by atoms with van der Waals surface area (Å²) in [5.41, 5.74) is 0.738. The third-order valence-electron chi connectivity index (χ3n) is 4.32. The first-order chi connectivity index (χ1) is 9.99. The van der Waals surface area contributed by atoms with Gasteiger partial charge in [-0.1, -0.05) is 31.9 Å². The van der Waals surface area contributed by atoms with Crippen LogP contribution in [0.3, 0.4) is 0 Å². The lowest BCUT2D eigenvalue weighted by Crippen LogP contribution is -2.37. The van der Waals surface area contributed by atoms with Crippen LogP contribution in [0.1, 0.15) is 44.7 Å². The maximum absolute atomic E-state index is 14.3. The van der Waals surface area contributed by atoms with Gasteiger partial charge in [-0.15, -0.1) is 0 Å². The Balaban J connectivity index is 2.29. The summed E-state index contributed by atoms with van der Waals surface area (Å²) >= 11 is 6.10. The summed E-state index contributed by atoms with van der Waals surface area (Å²) in [5.74, 6) is 0.264. The summed E-state index contributed by atoms with van der Waals surface area (Å²) in [6.07, 6.45) is 3.50. The van der Waals surface area contributed by atoms with Crippen molar-refractivity contribution in [2.45, 2.75) is 45.2 Å². The fraction of sp³-hybridized carbons (Fsp3) is 0.647. The van der Waals surface area contributed by atoms with Crippen LogP contribution in [0, 0.1) is 11.7 Å². The van der Waals surface area contributed by atoms with E-state index in [0.29, 0.717) is 17.0 Å². The van der Waals surface area contributed by atoms with E-state index >= 15 is 0 Å². The standard InChI is InChI=1S/C17H26ClFN2/c1-12(2)20-11-13-6-4-5-9-21(3)17(13)15-10-14(18)7-8-16(15)19/h7-8,10,12-13,17,20H,4-6,9,11H2,1-3H3. The molecule has 2 nitrogen and oxygen atoms in total. The maximum atomic E-state index is 14.3. The first-order valence-electron chi connectivity index (χ1n) is 7.87. The Morgan fingerprint density at radius 3 is 2.86 bits per heavy atom. The van der Waals surface area contributed by atoms with E-state index in [1.54, 1.807) is 12.1 Å². The van der Waals surface area contributed by atoms with Crippen molar-refractivity contribution in [1.82, 2.24) is 10.2 Å². The molecule has 0 aliphatic carbocycles. The van der Waals surface area contributed by atoms with Gasteiger partial charge in [-0.05, 0) is 50.6 Å². The summed E-state index contributed by atoms with van der Waals surface area (Å²) in [4.78, 5) is 2.29. The molecule has 1 aromatic carbocycles. The molecule has 1 heterocycles. The maximum Gasteiger partial charge on any atom is 0.128 e. The van der Waals surface area contributed by atoms with E-state index < -0.39 is 0 Å². The van der Waals surface area contributed by atoms with E-state index in [4.69, 9.17) is 11.6 Å². The molecule has 1 aliphatic rings. The lowest BCUT2D eigenvalue weighted by Gasteiger charge is -2.33. The van der Waals surface area contributed by atoms with Crippen LogP contribution in [-0.4, -0.2) is 31.1 Å². The second kappa shape index (κ2) is 7.57. The highest BCUT2D eigenvalue weighted by atomic mass is 35.5. The van der Waals surface area contributed by atoms with Crippen LogP contribution in [0.25, 0.3) is 0 Å². The molecule has 2 rings (SSSR count). The summed E-state index contributed by atoms with van der Waals surface area (Å²) in [5, 5.41) is 4.13. The molecular weight excluding hydrogens is 287 g/mol. The Hall–Kier alpha value is -0.640. The van der Waals surface area contributed by atoms with E-state index in [2.05, 4.69) is 31.1 Å². The number of hydrogen-bond donors (Lipinski definition) is 1. The first kappa shape index (κ1) is 16.7. The van der Waals surface area contributed by atoms with Crippen molar-refractivity contribution in [3.63, 3.8) is 0 Å². The van der Waals surface area contributed by atoms with Crippen LogP contribution in [0.15, 0.2) is 18.2 Å². The highest BCUT2D eigenvalue weighted by molar-refractivity contribution is 6.30. The zero-order chi connectivity index (χ0) is 15.4. The monoisotopic (exact) mass is 312 g/mol. The Morgan fingerprint density at radius 1 is 1.38 bits per heavy atom. The number of benzene rings is 1. The van der Waals surface area contributed by atoms with Crippen molar-refractivity contribution in [3.05, 3.63) is 34.6 Å². The van der Waals surface area contributed by atoms with E-state index in [9.17, 15) is 4.39 Å². The SMILES string of the molecule is CC(C)NCC1CCCCN(C)C1c1cc(Cl)ccc1F. The Labute approximate surface area is 132 Å². The molecule has 1 saturated heterocycles. The lowest BCUT2D eigenvalue weighted by atomic mass is 9.88. The van der Waals surface area contributed by atoms with Crippen molar-refractivity contribution >= 4 is 11.6 Å². The summed E-state index contributed by atoms with van der Waals surface area (Å²) < 4.78 is 14.3. The highest BCUT2D eigenvalue weighted by Gasteiger charge is 2.31. The van der Waals surface area contributed by atoms with Crippen LogP contribution < -0.4 is 5.32 Å². The van der Waals surface area contributed by atoms with Gasteiger partial charge < -0.3 is 5.32 Å². The summed E-state index contributed by atoms with van der Waals surface area (Å²) in [6.45, 7) is 6.22. The van der Waals surface area contributed by atoms with Gasteiger partial charge in [0.15, 0.2) is 0 Å². The van der Waals surface area contributed by atoms with E-state index in [1.165, 1.54) is 18.9 Å². The van der Waals surface area contributed by atoms with Crippen LogP contribution in [0.5, 0.6) is 0 Å². The van der Waals surface area contributed by atoms with Crippen molar-refractivity contribution < 1.29 is 4.39 Å². The van der Waals surface area contributed by atoms with Crippen LogP contribution in [0.4, 0.5) is 4.39 Å². The number of halogens is 2. The van der Waals surface area contributed by atoms with Crippen LogP contribution in [-0.2, 0) is 0 Å². The minimum absolute atomic E-state index is 0.0949. The molecule has 1 aromatic rings. The molecule has 0 aromatic heterocycles. The fourth-order valence-corrected chi connectivity index (χ4v) is 3.44. The first-order valence-corrected chi connectivity index (χ1v) is 8.25. The molecule has 2 unspecified atom stereocenters. The number of nitrogens with zero attached hydrogens (tertiary/aromatic N) is 1. The number of hydrogen-bond acceptors (Lipinski definition) is 2. The third kappa shape index (κ3) is 4.41. The van der Waals surface area contributed by atoms with E-state index in [0.717, 1.165) is 25.1 Å². The molecule has 0 bridgehead atoms. The topological polar surface area (TPSA) is 15.3 Å². The second-order valence-electron chi connectivity index (χ2n) is 6.41. The minimum Gasteiger partial charge on any atom is -0.314 e. The predicted molar refractivity (Wildman–Crippen MR) is 87.3 cm³/mol. The van der Waals surface area contributed by atoms with Gasteiger partial charge in [0.25, 0.3) is 0 Å². The minimum atomic E-state index is -0.146. The van der Waals surface area contributed by atoms with E-state index in [1.807, 2.05) is 0 Å². The Morgan fingerprint density at radius 2 is 2.14 bits per heavy atom. The largest absolute Gasteiger partial charge is 0.314 e. The Kier molecular flexibility index (Phi) is 6.03. The molecule has 1 aliphatic heterocycles. The fourth-order valence-electron chi connectivity index (χ4n) is 3.26. The smallest absolute Gasteiger partial charge is 0.128 e. The molecule has 0 saturated carbocycles. The molecule has 1 N–H and O–H groups in total. The highest BCUT2D eigenvalue weighted by Crippen LogP contribution is 2.36. The second-order valence-corrected chi connectivity index (χ2v) is 6.85. The number of nitrogens with one attached hydrogen (secondary N) is 1. The van der Waals surface area contributed by atoms with Crippen LogP contribution in [0.2, 0.25) is 5.02 Å². The van der Waals surface area contributed by atoms with Gasteiger partial charge in [-0.25, -0.2) is 4.39 Å². The van der Waals surface area contributed by atoms with Crippen LogP contribution >= 0.6 is 11.6 Å². The normalized spacial score (nSPS) is 24.3. The van der Waals surface area contributed by atoms with Gasteiger partial charge in [-0.3, -0.25) is 4.90 Å². The average molecular weight is 313 g/mol. The molecule has 2 atom stereocenters. The number of likely N-dealkylation sites (tertiary alicyclic amines) is 1. The molecule has 0 amide bonds. The summed E-state index contributed by atoms with van der Waals surface area (Å²) in [6, 6.07) is 5.45. The predicted octanol–water partition coefficient (Wildman–Crippen LogP) is 4.25. The van der Waals surface area contributed by atoms with E-state index in [-0.39, 0.29) is 11.9 Å². The lowest BCUT2D eigenvalue weighted by molar-refractivity contribution is 0.182. The third-order valence-corrected chi connectivity index (χ3v) is 4.56. The van der Waals surface area contributed by atoms with Crippen molar-refractivity contribution in [1.29, 1.82) is 0 Å². The number of rotatable bonds is 4. The quantitative estimate of drug-likeness (QED) is 0.894. The van der Waals surface area contributed by atoms with Crippen molar-refractivity contribution in [2.24, 2.45) is 5.92 Å². The van der Waals surface area contributed by atoms with Gasteiger partial charge in [0.1, 0.15) is 5.82 Å². The van der Waals surface area contributed by atoms with Gasteiger partial charge in [0.2, 0.25) is 0 Å². The average Bonchev–Trinajstić information content (AvgIpc) is 2.61. The van der Waals surface area contributed by atoms with Gasteiger partial charge >= 0.3 is 0 Å². The Bertz CT molecular complexity index is 464. The van der Waals surface area contributed by atoms with Gasteiger partial charge in [-0.2, -0.15) is 0 Å². The molecule has 0 spiro atoms. The zero-order valence-electron chi connectivity index (χ0n) is 13.2. The summed E-state index contributed by atoms with van der Waals surface area (Å²) in [7, 11) is 2.10. The molecule has 21 heavy (non-hydrogen) atoms. The van der Waals surface area contributed by atoms with Crippen molar-refractivity contribution in [2.75, 3.05) is 20.1 Å². The van der Waals surface area contributed by atoms with Crippen molar-refractivity contribution in [3.8, 4) is 0 Å². The molecular formula is C17H26ClFN2. The van der Waals surface area contributed by atoms with Gasteiger partial charge in [0.05, 0.1) is 0 Å². The van der Waals surface area contributed by atoms with Gasteiger partial charge in [0, 0.05) is 29.2 Å². The molecule has 0 radical (unpaired) electrons. The molecule has 118 valence electrons. The zero-order valence-corrected chi connectivity index (χ0v) is 14.0. The molecule has 1 fully saturated rings.